The number of urea groups is 1. The number of aromatic nitrogens is 1. The van der Waals surface area contributed by atoms with Crippen molar-refractivity contribution in [3.05, 3.63) is 24.0 Å². The van der Waals surface area contributed by atoms with E-state index < -0.39 is 11.9 Å². The maximum Gasteiger partial charge on any atom is 0.433 e. The van der Waals surface area contributed by atoms with Crippen molar-refractivity contribution in [1.82, 2.24) is 14.8 Å². The molecule has 0 aliphatic carbocycles. The third-order valence-corrected chi connectivity index (χ3v) is 3.82. The summed E-state index contributed by atoms with van der Waals surface area (Å²) in [5, 5.41) is 2.58. The van der Waals surface area contributed by atoms with Crippen LogP contribution in [0.3, 0.4) is 0 Å². The summed E-state index contributed by atoms with van der Waals surface area (Å²) in [6.07, 6.45) is -3.28. The maximum absolute atomic E-state index is 12.5. The minimum atomic E-state index is -4.49. The van der Waals surface area contributed by atoms with Crippen LogP contribution in [0.1, 0.15) is 19.5 Å². The van der Waals surface area contributed by atoms with E-state index >= 15 is 0 Å². The van der Waals surface area contributed by atoms with E-state index in [-0.39, 0.29) is 17.8 Å². The Hall–Kier alpha value is -1.87. The van der Waals surface area contributed by atoms with Crippen LogP contribution in [-0.2, 0) is 10.9 Å². The summed E-state index contributed by atoms with van der Waals surface area (Å²) in [5.74, 6) is 0. The van der Waals surface area contributed by atoms with Crippen LogP contribution < -0.4 is 5.32 Å². The number of ether oxygens (including phenoxy) is 1. The number of hydrogen-bond acceptors (Lipinski definition) is 4. The lowest BCUT2D eigenvalue weighted by Crippen LogP contribution is -2.50. The molecule has 2 rings (SSSR count). The number of pyridine rings is 1. The van der Waals surface area contributed by atoms with Gasteiger partial charge in [-0.3, -0.25) is 4.90 Å². The van der Waals surface area contributed by atoms with E-state index in [4.69, 9.17) is 4.74 Å². The topological polar surface area (TPSA) is 57.7 Å². The van der Waals surface area contributed by atoms with Gasteiger partial charge in [-0.15, -0.1) is 0 Å². The van der Waals surface area contributed by atoms with E-state index in [1.54, 1.807) is 4.90 Å². The van der Waals surface area contributed by atoms with Gasteiger partial charge in [0.25, 0.3) is 0 Å². The molecule has 1 N–H and O–H groups in total. The van der Waals surface area contributed by atoms with Gasteiger partial charge in [0, 0.05) is 32.7 Å². The van der Waals surface area contributed by atoms with Crippen molar-refractivity contribution >= 4 is 11.7 Å². The minimum Gasteiger partial charge on any atom is -0.377 e. The van der Waals surface area contributed by atoms with Gasteiger partial charge in [-0.25, -0.2) is 9.78 Å². The number of nitrogens with one attached hydrogen (secondary N) is 1. The monoisotopic (exact) mass is 360 g/mol. The highest BCUT2D eigenvalue weighted by Gasteiger charge is 2.32. The van der Waals surface area contributed by atoms with Gasteiger partial charge in [0.05, 0.1) is 24.6 Å². The van der Waals surface area contributed by atoms with Gasteiger partial charge in [-0.05, 0) is 26.0 Å². The number of nitrogens with zero attached hydrogens (tertiary/aromatic N) is 3. The molecule has 1 aromatic heterocycles. The summed E-state index contributed by atoms with van der Waals surface area (Å²) in [4.78, 5) is 19.4. The normalized spacial score (nSPS) is 16.3. The van der Waals surface area contributed by atoms with E-state index in [0.717, 1.165) is 31.9 Å². The number of piperazine rings is 1. The highest BCUT2D eigenvalue weighted by molar-refractivity contribution is 5.89. The molecule has 6 nitrogen and oxygen atoms in total. The molecule has 2 heterocycles. The molecule has 1 fully saturated rings. The molecule has 2 amide bonds. The summed E-state index contributed by atoms with van der Waals surface area (Å²) < 4.78 is 42.9. The predicted molar refractivity (Wildman–Crippen MR) is 87.4 cm³/mol. The van der Waals surface area contributed by atoms with Gasteiger partial charge >= 0.3 is 12.2 Å². The molecule has 140 valence electrons. The van der Waals surface area contributed by atoms with Crippen molar-refractivity contribution in [1.29, 1.82) is 0 Å². The van der Waals surface area contributed by atoms with Gasteiger partial charge < -0.3 is 15.0 Å². The number of rotatable bonds is 5. The molecule has 0 saturated carbocycles. The second-order valence-electron chi connectivity index (χ2n) is 6.11. The summed E-state index contributed by atoms with van der Waals surface area (Å²) >= 11 is 0. The summed E-state index contributed by atoms with van der Waals surface area (Å²) in [5.41, 5.74) is -0.742. The van der Waals surface area contributed by atoms with Crippen LogP contribution in [0.5, 0.6) is 0 Å². The number of carbonyl (C=O) groups is 1. The lowest BCUT2D eigenvalue weighted by molar-refractivity contribution is -0.141. The third kappa shape index (κ3) is 6.17. The Morgan fingerprint density at radius 2 is 1.96 bits per heavy atom. The molecule has 0 spiro atoms. The van der Waals surface area contributed by atoms with Gasteiger partial charge in [0.1, 0.15) is 5.69 Å². The average Bonchev–Trinajstić information content (AvgIpc) is 2.55. The first-order valence-electron chi connectivity index (χ1n) is 8.19. The van der Waals surface area contributed by atoms with Crippen molar-refractivity contribution < 1.29 is 22.7 Å². The molecule has 0 radical (unpaired) electrons. The van der Waals surface area contributed by atoms with E-state index in [0.29, 0.717) is 19.7 Å². The van der Waals surface area contributed by atoms with Crippen LogP contribution in [0.4, 0.5) is 23.7 Å². The van der Waals surface area contributed by atoms with Gasteiger partial charge in [-0.1, -0.05) is 0 Å². The molecule has 0 unspecified atom stereocenters. The fourth-order valence-electron chi connectivity index (χ4n) is 2.43. The molecular weight excluding hydrogens is 337 g/mol. The van der Waals surface area contributed by atoms with Crippen molar-refractivity contribution in [2.45, 2.75) is 26.1 Å². The number of hydrogen-bond donors (Lipinski definition) is 1. The molecular formula is C16H23F3N4O2. The van der Waals surface area contributed by atoms with Crippen LogP contribution >= 0.6 is 0 Å². The van der Waals surface area contributed by atoms with E-state index in [9.17, 15) is 18.0 Å². The average molecular weight is 360 g/mol. The quantitative estimate of drug-likeness (QED) is 0.877. The summed E-state index contributed by atoms with van der Waals surface area (Å²) in [6.45, 7) is 8.03. The Morgan fingerprint density at radius 3 is 2.48 bits per heavy atom. The molecule has 1 aliphatic heterocycles. The molecule has 25 heavy (non-hydrogen) atoms. The van der Waals surface area contributed by atoms with Crippen LogP contribution in [0, 0.1) is 0 Å². The fraction of sp³-hybridized carbons (Fsp3) is 0.625. The molecule has 1 aliphatic rings. The van der Waals surface area contributed by atoms with Crippen molar-refractivity contribution in [2.24, 2.45) is 0 Å². The van der Waals surface area contributed by atoms with Gasteiger partial charge in [0.2, 0.25) is 0 Å². The smallest absolute Gasteiger partial charge is 0.377 e. The zero-order chi connectivity index (χ0) is 18.4. The number of anilines is 1. The molecule has 0 aromatic carbocycles. The van der Waals surface area contributed by atoms with Crippen LogP contribution in [0.15, 0.2) is 18.3 Å². The van der Waals surface area contributed by atoms with Gasteiger partial charge in [-0.2, -0.15) is 13.2 Å². The first kappa shape index (κ1) is 19.5. The number of alkyl halides is 3. The zero-order valence-corrected chi connectivity index (χ0v) is 14.3. The highest BCUT2D eigenvalue weighted by Crippen LogP contribution is 2.27. The maximum atomic E-state index is 12.5. The van der Waals surface area contributed by atoms with Gasteiger partial charge in [0.15, 0.2) is 0 Å². The molecule has 0 atom stereocenters. The lowest BCUT2D eigenvalue weighted by Gasteiger charge is -2.34. The van der Waals surface area contributed by atoms with E-state index in [1.165, 1.54) is 6.07 Å². The predicted octanol–water partition coefficient (Wildman–Crippen LogP) is 2.67. The third-order valence-electron chi connectivity index (χ3n) is 3.82. The molecule has 0 bridgehead atoms. The SMILES string of the molecule is CC(C)OCCN1CCN(C(=O)Nc2ccc(C(F)(F)F)nc2)CC1. The van der Waals surface area contributed by atoms with Crippen LogP contribution in [-0.4, -0.2) is 66.2 Å². The van der Waals surface area contributed by atoms with E-state index in [1.807, 2.05) is 13.8 Å². The first-order chi connectivity index (χ1) is 11.8. The Morgan fingerprint density at radius 1 is 1.28 bits per heavy atom. The van der Waals surface area contributed by atoms with Crippen molar-refractivity contribution in [3.8, 4) is 0 Å². The molecule has 1 aromatic rings. The zero-order valence-electron chi connectivity index (χ0n) is 14.3. The largest absolute Gasteiger partial charge is 0.433 e. The Kier molecular flexibility index (Phi) is 6.60. The van der Waals surface area contributed by atoms with Crippen LogP contribution in [0.2, 0.25) is 0 Å². The summed E-state index contributed by atoms with van der Waals surface area (Å²) in [7, 11) is 0. The molecule has 1 saturated heterocycles. The second kappa shape index (κ2) is 8.48. The Bertz CT molecular complexity index is 555. The standard InChI is InChI=1S/C16H23F3N4O2/c1-12(2)25-10-9-22-5-7-23(8-6-22)15(24)21-13-3-4-14(20-11-13)16(17,18)19/h3-4,11-12H,5-10H2,1-2H3,(H,21,24). The Balaban J connectivity index is 1.77. The number of amides is 2. The van der Waals surface area contributed by atoms with Crippen molar-refractivity contribution in [2.75, 3.05) is 44.6 Å². The molecule has 9 heteroatoms. The first-order valence-corrected chi connectivity index (χ1v) is 8.19. The fourth-order valence-corrected chi connectivity index (χ4v) is 2.43. The van der Waals surface area contributed by atoms with Crippen LogP contribution in [0.25, 0.3) is 0 Å². The van der Waals surface area contributed by atoms with Crippen molar-refractivity contribution in [3.63, 3.8) is 0 Å². The minimum absolute atomic E-state index is 0.199. The number of halogens is 3. The number of carbonyl (C=O) groups excluding carboxylic acids is 1. The summed E-state index contributed by atoms with van der Waals surface area (Å²) in [6, 6.07) is 1.72. The Labute approximate surface area is 145 Å². The van der Waals surface area contributed by atoms with E-state index in [2.05, 4.69) is 15.2 Å². The second-order valence-corrected chi connectivity index (χ2v) is 6.11. The lowest BCUT2D eigenvalue weighted by atomic mass is 10.3. The highest BCUT2D eigenvalue weighted by atomic mass is 19.4.